The third kappa shape index (κ3) is 3.52. The SMILES string of the molecule is CN1CC[C@](O)(C#Cc2ccc3c(c2)-c2nc(C(N)=O)n(Cc4nn(C)c5ccccc45)c2C2CC3C2)C1=O. The number of likely N-dealkylation sites (N-methyl/N-ethyl adjacent to an activating group) is 1. The minimum atomic E-state index is -1.67. The van der Waals surface area contributed by atoms with Crippen LogP contribution in [-0.4, -0.2) is 60.3 Å². The van der Waals surface area contributed by atoms with Gasteiger partial charge in [-0.2, -0.15) is 5.10 Å². The number of carbonyl (C=O) groups excluding carboxylic acids is 2. The Hall–Kier alpha value is -4.42. The summed E-state index contributed by atoms with van der Waals surface area (Å²) in [7, 11) is 3.58. The largest absolute Gasteiger partial charge is 0.369 e. The van der Waals surface area contributed by atoms with E-state index in [2.05, 4.69) is 17.9 Å². The molecule has 2 amide bonds. The lowest BCUT2D eigenvalue weighted by Gasteiger charge is -2.34. The number of likely N-dealkylation sites (tertiary alicyclic amines) is 1. The highest BCUT2D eigenvalue weighted by molar-refractivity contribution is 5.92. The Kier molecular flexibility index (Phi) is 5.03. The molecule has 196 valence electrons. The van der Waals surface area contributed by atoms with Crippen molar-refractivity contribution in [3.63, 3.8) is 0 Å². The van der Waals surface area contributed by atoms with Crippen LogP contribution < -0.4 is 5.73 Å². The van der Waals surface area contributed by atoms with Gasteiger partial charge in [0.05, 0.1) is 23.4 Å². The van der Waals surface area contributed by atoms with Gasteiger partial charge in [0.2, 0.25) is 5.60 Å². The van der Waals surface area contributed by atoms with Crippen molar-refractivity contribution in [2.45, 2.75) is 43.2 Å². The lowest BCUT2D eigenvalue weighted by Crippen LogP contribution is -2.37. The van der Waals surface area contributed by atoms with Crippen LogP contribution in [0, 0.1) is 11.8 Å². The summed E-state index contributed by atoms with van der Waals surface area (Å²) in [5, 5.41) is 16.5. The Morgan fingerprint density at radius 1 is 1.18 bits per heavy atom. The second-order valence-electron chi connectivity index (χ2n) is 11.0. The number of carbonyl (C=O) groups is 2. The number of nitrogens with zero attached hydrogens (tertiary/aromatic N) is 5. The second kappa shape index (κ2) is 8.29. The Labute approximate surface area is 225 Å². The van der Waals surface area contributed by atoms with Crippen molar-refractivity contribution in [3.8, 4) is 23.1 Å². The average Bonchev–Trinajstić information content (AvgIpc) is 3.45. The molecular weight excluding hydrogens is 492 g/mol. The third-order valence-corrected chi connectivity index (χ3v) is 8.57. The molecule has 9 heteroatoms. The molecule has 4 aromatic rings. The standard InChI is InChI=1S/C30H28N6O3/c1-34-12-11-30(39,29(34)38)10-9-17-7-8-20-18-14-19(15-18)26-25(22(20)13-17)32-28(27(31)37)36(26)16-23-21-5-3-4-6-24(21)35(2)33-23/h3-8,13,18-19,39H,11-12,14-16H2,1-2H3,(H2,31,37)/t18?,19?,30-/m1/s1. The quantitative estimate of drug-likeness (QED) is 0.403. The fourth-order valence-corrected chi connectivity index (χ4v) is 6.42. The van der Waals surface area contributed by atoms with E-state index in [9.17, 15) is 14.7 Å². The fourth-order valence-electron chi connectivity index (χ4n) is 6.42. The van der Waals surface area contributed by atoms with Crippen molar-refractivity contribution in [2.75, 3.05) is 13.6 Å². The highest BCUT2D eigenvalue weighted by atomic mass is 16.3. The highest BCUT2D eigenvalue weighted by Gasteiger charge is 2.43. The van der Waals surface area contributed by atoms with Crippen LogP contribution in [0.5, 0.6) is 0 Å². The molecule has 0 unspecified atom stereocenters. The number of fused-ring (bicyclic) bond motifs is 1. The normalized spacial score (nSPS) is 23.1. The average molecular weight is 521 g/mol. The molecule has 3 N–H and O–H groups in total. The van der Waals surface area contributed by atoms with Crippen LogP contribution in [0.25, 0.3) is 22.2 Å². The summed E-state index contributed by atoms with van der Waals surface area (Å²) in [5.41, 5.74) is 10.6. The van der Waals surface area contributed by atoms with Gasteiger partial charge in [-0.1, -0.05) is 36.1 Å². The summed E-state index contributed by atoms with van der Waals surface area (Å²) < 4.78 is 3.81. The van der Waals surface area contributed by atoms with Gasteiger partial charge < -0.3 is 20.3 Å². The van der Waals surface area contributed by atoms with Crippen molar-refractivity contribution < 1.29 is 14.7 Å². The summed E-state index contributed by atoms with van der Waals surface area (Å²) in [5.74, 6) is 5.76. The number of nitrogens with two attached hydrogens (primary N) is 1. The number of amides is 2. The summed E-state index contributed by atoms with van der Waals surface area (Å²) >= 11 is 0. The molecule has 2 aromatic carbocycles. The zero-order valence-corrected chi connectivity index (χ0v) is 21.8. The van der Waals surface area contributed by atoms with E-state index in [0.29, 0.717) is 24.6 Å². The van der Waals surface area contributed by atoms with Gasteiger partial charge in [0.15, 0.2) is 5.82 Å². The van der Waals surface area contributed by atoms with Crippen molar-refractivity contribution >= 4 is 22.7 Å². The van der Waals surface area contributed by atoms with Crippen LogP contribution in [0.15, 0.2) is 42.5 Å². The molecule has 39 heavy (non-hydrogen) atoms. The van der Waals surface area contributed by atoms with Gasteiger partial charge in [0.25, 0.3) is 11.8 Å². The molecule has 9 nitrogen and oxygen atoms in total. The Morgan fingerprint density at radius 2 is 1.97 bits per heavy atom. The van der Waals surface area contributed by atoms with E-state index in [1.807, 2.05) is 52.7 Å². The Morgan fingerprint density at radius 3 is 2.72 bits per heavy atom. The van der Waals surface area contributed by atoms with Crippen LogP contribution >= 0.6 is 0 Å². The molecule has 0 radical (unpaired) electrons. The molecule has 1 saturated heterocycles. The maximum atomic E-state index is 12.7. The molecule has 1 saturated carbocycles. The second-order valence-corrected chi connectivity index (χ2v) is 11.0. The van der Waals surface area contributed by atoms with Crippen molar-refractivity contribution in [3.05, 3.63) is 70.8 Å². The molecular formula is C30H28N6O3. The summed E-state index contributed by atoms with van der Waals surface area (Å²) in [6.07, 6.45) is 2.22. The predicted molar refractivity (Wildman–Crippen MR) is 145 cm³/mol. The molecule has 0 spiro atoms. The van der Waals surface area contributed by atoms with E-state index in [1.165, 1.54) is 10.5 Å². The number of para-hydroxylation sites is 1. The maximum absolute atomic E-state index is 12.7. The molecule has 3 heterocycles. The topological polar surface area (TPSA) is 119 Å². The molecule has 1 atom stereocenters. The van der Waals surface area contributed by atoms with E-state index >= 15 is 0 Å². The number of imidazole rings is 1. The lowest BCUT2D eigenvalue weighted by atomic mass is 9.71. The first-order chi connectivity index (χ1) is 18.7. The van der Waals surface area contributed by atoms with E-state index in [0.717, 1.165) is 46.4 Å². The number of hydrogen-bond donors (Lipinski definition) is 2. The first kappa shape index (κ1) is 23.7. The molecule has 1 aliphatic heterocycles. The summed E-state index contributed by atoms with van der Waals surface area (Å²) in [6.45, 7) is 0.861. The van der Waals surface area contributed by atoms with Gasteiger partial charge in [-0.25, -0.2) is 4.98 Å². The minimum absolute atomic E-state index is 0.219. The van der Waals surface area contributed by atoms with Gasteiger partial charge in [0, 0.05) is 55.2 Å². The van der Waals surface area contributed by atoms with Crippen LogP contribution in [-0.2, 0) is 18.4 Å². The summed E-state index contributed by atoms with van der Waals surface area (Å²) in [4.78, 5) is 31.4. The van der Waals surface area contributed by atoms with Gasteiger partial charge in [-0.15, -0.1) is 0 Å². The van der Waals surface area contributed by atoms with Crippen molar-refractivity contribution in [1.29, 1.82) is 0 Å². The fraction of sp³-hybridized carbons (Fsp3) is 0.333. The first-order valence-corrected chi connectivity index (χ1v) is 13.2. The molecule has 4 aliphatic rings. The number of rotatable bonds is 3. The molecule has 2 bridgehead atoms. The van der Waals surface area contributed by atoms with E-state index in [4.69, 9.17) is 15.8 Å². The van der Waals surface area contributed by atoms with E-state index in [1.54, 1.807) is 7.05 Å². The van der Waals surface area contributed by atoms with Crippen LogP contribution in [0.4, 0.5) is 0 Å². The number of aromatic nitrogens is 4. The lowest BCUT2D eigenvalue weighted by molar-refractivity contribution is -0.137. The zero-order chi connectivity index (χ0) is 27.1. The minimum Gasteiger partial charge on any atom is -0.369 e. The monoisotopic (exact) mass is 520 g/mol. The van der Waals surface area contributed by atoms with Gasteiger partial charge in [-0.3, -0.25) is 14.3 Å². The molecule has 3 aliphatic carbocycles. The van der Waals surface area contributed by atoms with E-state index in [-0.39, 0.29) is 24.1 Å². The summed E-state index contributed by atoms with van der Waals surface area (Å²) in [6, 6.07) is 14.0. The third-order valence-electron chi connectivity index (χ3n) is 8.57. The smallest absolute Gasteiger partial charge is 0.284 e. The highest BCUT2D eigenvalue weighted by Crippen LogP contribution is 2.55. The predicted octanol–water partition coefficient (Wildman–Crippen LogP) is 2.50. The molecule has 2 aromatic heterocycles. The van der Waals surface area contributed by atoms with E-state index < -0.39 is 11.5 Å². The van der Waals surface area contributed by atoms with Gasteiger partial charge >= 0.3 is 0 Å². The van der Waals surface area contributed by atoms with Crippen molar-refractivity contribution in [1.82, 2.24) is 24.2 Å². The molecule has 8 rings (SSSR count). The number of aryl methyl sites for hydroxylation is 1. The maximum Gasteiger partial charge on any atom is 0.284 e. The molecule has 2 fully saturated rings. The Bertz CT molecular complexity index is 1770. The van der Waals surface area contributed by atoms with Crippen LogP contribution in [0.1, 0.15) is 64.2 Å². The first-order valence-electron chi connectivity index (χ1n) is 13.2. The van der Waals surface area contributed by atoms with Gasteiger partial charge in [0.1, 0.15) is 0 Å². The van der Waals surface area contributed by atoms with Crippen LogP contribution in [0.2, 0.25) is 0 Å². The number of aliphatic hydroxyl groups is 1. The van der Waals surface area contributed by atoms with Crippen LogP contribution in [0.3, 0.4) is 0 Å². The van der Waals surface area contributed by atoms with Gasteiger partial charge in [-0.05, 0) is 42.5 Å². The number of primary amides is 1. The van der Waals surface area contributed by atoms with Crippen molar-refractivity contribution in [2.24, 2.45) is 12.8 Å². The number of hydrogen-bond acceptors (Lipinski definition) is 5. The Balaban J connectivity index is 1.35. The zero-order valence-electron chi connectivity index (χ0n) is 21.8. The number of benzene rings is 2.